The molecule has 0 aliphatic heterocycles. The number of hydrogen-bond donors (Lipinski definition) is 2. The third-order valence-corrected chi connectivity index (χ3v) is 2.91. The van der Waals surface area contributed by atoms with Crippen molar-refractivity contribution >= 4 is 11.8 Å². The lowest BCUT2D eigenvalue weighted by Gasteiger charge is -2.12. The Labute approximate surface area is 116 Å². The number of benzene rings is 1. The fraction of sp³-hybridized carbons (Fsp3) is 0.286. The Morgan fingerprint density at radius 2 is 2.15 bits per heavy atom. The fourth-order valence-electron chi connectivity index (χ4n) is 1.85. The van der Waals surface area contributed by atoms with Crippen LogP contribution in [0.15, 0.2) is 36.5 Å². The topological polar surface area (TPSA) is 90.4 Å². The predicted octanol–water partition coefficient (Wildman–Crippen LogP) is 1.38. The number of nitrogens with two attached hydrogens (primary N) is 1. The molecule has 0 saturated carbocycles. The van der Waals surface area contributed by atoms with Crippen molar-refractivity contribution in [3.8, 4) is 0 Å². The predicted molar refractivity (Wildman–Crippen MR) is 74.0 cm³/mol. The van der Waals surface area contributed by atoms with Crippen LogP contribution in [0.2, 0.25) is 0 Å². The lowest BCUT2D eigenvalue weighted by atomic mass is 10.1. The minimum absolute atomic E-state index is 0.176. The standard InChI is InChI=1S/C14H17N3O3/c1-2-20-14(19)11-8-16-17(13(11)15)9-12(18)10-6-4-3-5-7-10/h3-8,12,18H,2,9,15H2,1H3/t12-/m1/s1. The summed E-state index contributed by atoms with van der Waals surface area (Å²) in [6.45, 7) is 2.17. The Hall–Kier alpha value is -2.34. The number of rotatable bonds is 5. The largest absolute Gasteiger partial charge is 0.462 e. The molecule has 0 saturated heterocycles. The summed E-state index contributed by atoms with van der Waals surface area (Å²) in [4.78, 5) is 11.6. The zero-order valence-corrected chi connectivity index (χ0v) is 11.2. The number of aliphatic hydroxyl groups excluding tert-OH is 1. The van der Waals surface area contributed by atoms with E-state index in [1.54, 1.807) is 6.92 Å². The minimum Gasteiger partial charge on any atom is -0.462 e. The Kier molecular flexibility index (Phi) is 4.37. The summed E-state index contributed by atoms with van der Waals surface area (Å²) >= 11 is 0. The Morgan fingerprint density at radius 3 is 2.80 bits per heavy atom. The van der Waals surface area contributed by atoms with Crippen LogP contribution in [-0.2, 0) is 11.3 Å². The zero-order valence-electron chi connectivity index (χ0n) is 11.2. The Bertz CT molecular complexity index is 581. The summed E-state index contributed by atoms with van der Waals surface area (Å²) in [7, 11) is 0. The van der Waals surface area contributed by atoms with Gasteiger partial charge in [0.1, 0.15) is 11.4 Å². The van der Waals surface area contributed by atoms with Gasteiger partial charge in [-0.05, 0) is 12.5 Å². The number of aromatic nitrogens is 2. The van der Waals surface area contributed by atoms with Gasteiger partial charge in [0.2, 0.25) is 0 Å². The maximum atomic E-state index is 11.6. The molecule has 6 nitrogen and oxygen atoms in total. The van der Waals surface area contributed by atoms with Gasteiger partial charge >= 0.3 is 5.97 Å². The summed E-state index contributed by atoms with van der Waals surface area (Å²) < 4.78 is 6.27. The summed E-state index contributed by atoms with van der Waals surface area (Å²) in [6.07, 6.45) is 0.610. The van der Waals surface area contributed by atoms with E-state index in [0.29, 0.717) is 0 Å². The summed E-state index contributed by atoms with van der Waals surface area (Å²) in [5.74, 6) is -0.316. The number of anilines is 1. The molecule has 1 aromatic carbocycles. The molecule has 2 rings (SSSR count). The quantitative estimate of drug-likeness (QED) is 0.804. The van der Waals surface area contributed by atoms with Crippen LogP contribution in [0.1, 0.15) is 28.9 Å². The van der Waals surface area contributed by atoms with Gasteiger partial charge in [0.15, 0.2) is 0 Å². The van der Waals surface area contributed by atoms with E-state index in [4.69, 9.17) is 10.5 Å². The van der Waals surface area contributed by atoms with Crippen LogP contribution in [0.4, 0.5) is 5.82 Å². The number of carbonyl (C=O) groups excluding carboxylic acids is 1. The maximum Gasteiger partial charge on any atom is 0.343 e. The SMILES string of the molecule is CCOC(=O)c1cnn(C[C@@H](O)c2ccccc2)c1N. The van der Waals surface area contributed by atoms with Gasteiger partial charge in [-0.15, -0.1) is 0 Å². The van der Waals surface area contributed by atoms with Crippen molar-refractivity contribution < 1.29 is 14.6 Å². The van der Waals surface area contributed by atoms with Crippen molar-refractivity contribution in [2.75, 3.05) is 12.3 Å². The monoisotopic (exact) mass is 275 g/mol. The molecule has 0 aliphatic rings. The van der Waals surface area contributed by atoms with Crippen molar-refractivity contribution in [2.24, 2.45) is 0 Å². The number of aliphatic hydroxyl groups is 1. The van der Waals surface area contributed by atoms with E-state index in [2.05, 4.69) is 5.10 Å². The van der Waals surface area contributed by atoms with Gasteiger partial charge < -0.3 is 15.6 Å². The summed E-state index contributed by atoms with van der Waals surface area (Å²) in [5, 5.41) is 14.1. The number of carbonyl (C=O) groups is 1. The third kappa shape index (κ3) is 2.97. The van der Waals surface area contributed by atoms with E-state index in [1.165, 1.54) is 10.9 Å². The first-order chi connectivity index (χ1) is 9.63. The molecule has 20 heavy (non-hydrogen) atoms. The van der Waals surface area contributed by atoms with Crippen molar-refractivity contribution in [1.82, 2.24) is 9.78 Å². The van der Waals surface area contributed by atoms with Crippen LogP contribution in [-0.4, -0.2) is 27.5 Å². The van der Waals surface area contributed by atoms with Crippen LogP contribution in [0, 0.1) is 0 Å². The van der Waals surface area contributed by atoms with Crippen LogP contribution in [0.5, 0.6) is 0 Å². The molecule has 0 amide bonds. The number of hydrogen-bond acceptors (Lipinski definition) is 5. The normalized spacial score (nSPS) is 12.1. The highest BCUT2D eigenvalue weighted by molar-refractivity contribution is 5.93. The van der Waals surface area contributed by atoms with Crippen LogP contribution in [0.25, 0.3) is 0 Å². The average molecular weight is 275 g/mol. The lowest BCUT2D eigenvalue weighted by Crippen LogP contribution is -2.14. The van der Waals surface area contributed by atoms with Gasteiger partial charge in [-0.3, -0.25) is 0 Å². The molecule has 0 fully saturated rings. The molecule has 1 aromatic heterocycles. The highest BCUT2D eigenvalue weighted by Gasteiger charge is 2.18. The van der Waals surface area contributed by atoms with Gasteiger partial charge in [-0.25, -0.2) is 9.48 Å². The number of nitrogens with zero attached hydrogens (tertiary/aromatic N) is 2. The van der Waals surface area contributed by atoms with Crippen molar-refractivity contribution in [3.63, 3.8) is 0 Å². The molecular formula is C14H17N3O3. The lowest BCUT2D eigenvalue weighted by molar-refractivity contribution is 0.0527. The smallest absolute Gasteiger partial charge is 0.343 e. The van der Waals surface area contributed by atoms with Gasteiger partial charge in [0, 0.05) is 0 Å². The number of nitrogen functional groups attached to an aromatic ring is 1. The van der Waals surface area contributed by atoms with Gasteiger partial charge in [-0.1, -0.05) is 30.3 Å². The van der Waals surface area contributed by atoms with Gasteiger partial charge in [0.25, 0.3) is 0 Å². The van der Waals surface area contributed by atoms with Gasteiger partial charge in [-0.2, -0.15) is 5.10 Å². The molecule has 106 valence electrons. The molecule has 0 unspecified atom stereocenters. The number of esters is 1. The molecule has 0 aliphatic carbocycles. The maximum absolute atomic E-state index is 11.6. The molecular weight excluding hydrogens is 258 g/mol. The molecule has 1 heterocycles. The van der Waals surface area contributed by atoms with E-state index in [9.17, 15) is 9.90 Å². The fourth-order valence-corrected chi connectivity index (χ4v) is 1.85. The first-order valence-corrected chi connectivity index (χ1v) is 6.35. The average Bonchev–Trinajstić information content (AvgIpc) is 2.81. The number of ether oxygens (including phenoxy) is 1. The van der Waals surface area contributed by atoms with E-state index < -0.39 is 12.1 Å². The van der Waals surface area contributed by atoms with Crippen molar-refractivity contribution in [2.45, 2.75) is 19.6 Å². The molecule has 1 atom stereocenters. The Morgan fingerprint density at radius 1 is 1.45 bits per heavy atom. The van der Waals surface area contributed by atoms with Crippen LogP contribution < -0.4 is 5.73 Å². The van der Waals surface area contributed by atoms with Crippen molar-refractivity contribution in [3.05, 3.63) is 47.7 Å². The second kappa shape index (κ2) is 6.21. The first kappa shape index (κ1) is 14.1. The minimum atomic E-state index is -0.742. The highest BCUT2D eigenvalue weighted by Crippen LogP contribution is 2.18. The molecule has 3 N–H and O–H groups in total. The van der Waals surface area contributed by atoms with E-state index in [0.717, 1.165) is 5.56 Å². The highest BCUT2D eigenvalue weighted by atomic mass is 16.5. The second-order valence-corrected chi connectivity index (χ2v) is 4.27. The Balaban J connectivity index is 2.13. The second-order valence-electron chi connectivity index (χ2n) is 4.27. The molecule has 0 spiro atoms. The molecule has 0 bridgehead atoms. The first-order valence-electron chi connectivity index (χ1n) is 6.35. The van der Waals surface area contributed by atoms with Crippen LogP contribution >= 0.6 is 0 Å². The molecule has 2 aromatic rings. The van der Waals surface area contributed by atoms with E-state index in [1.807, 2.05) is 30.3 Å². The van der Waals surface area contributed by atoms with E-state index >= 15 is 0 Å². The van der Waals surface area contributed by atoms with E-state index in [-0.39, 0.29) is 24.5 Å². The summed E-state index contributed by atoms with van der Waals surface area (Å²) in [5.41, 5.74) is 6.83. The zero-order chi connectivity index (χ0) is 14.5. The third-order valence-electron chi connectivity index (χ3n) is 2.91. The van der Waals surface area contributed by atoms with Crippen molar-refractivity contribution in [1.29, 1.82) is 0 Å². The molecule has 6 heteroatoms. The molecule has 0 radical (unpaired) electrons. The van der Waals surface area contributed by atoms with Crippen LogP contribution in [0.3, 0.4) is 0 Å². The summed E-state index contributed by atoms with van der Waals surface area (Å²) in [6, 6.07) is 9.19. The van der Waals surface area contributed by atoms with Gasteiger partial charge in [0.05, 0.1) is 25.5 Å².